The van der Waals surface area contributed by atoms with Crippen LogP contribution in [0.25, 0.3) is 0 Å². The second kappa shape index (κ2) is 7.28. The third kappa shape index (κ3) is 6.46. The fourth-order valence-corrected chi connectivity index (χ4v) is 1.54. The number of aromatic carboxylic acids is 1. The number of nitrogens with one attached hydrogen (secondary N) is 1. The molecule has 2 N–H and O–H groups in total. The van der Waals surface area contributed by atoms with E-state index in [-0.39, 0.29) is 22.7 Å². The van der Waals surface area contributed by atoms with Crippen molar-refractivity contribution in [3.05, 3.63) is 28.8 Å². The molecule has 0 fully saturated rings. The number of benzene rings is 1. The van der Waals surface area contributed by atoms with Crippen molar-refractivity contribution in [2.45, 2.75) is 12.6 Å². The Labute approximate surface area is 122 Å². The van der Waals surface area contributed by atoms with Crippen LogP contribution in [-0.2, 0) is 9.53 Å². The number of anilines is 1. The Bertz CT molecular complexity index is 534. The normalized spacial score (nSPS) is 11.2. The number of ether oxygens (including phenoxy) is 1. The van der Waals surface area contributed by atoms with Gasteiger partial charge in [-0.3, -0.25) is 4.79 Å². The van der Waals surface area contributed by atoms with E-state index in [4.69, 9.17) is 16.7 Å². The van der Waals surface area contributed by atoms with Gasteiger partial charge in [0, 0.05) is 5.02 Å². The van der Waals surface area contributed by atoms with Gasteiger partial charge in [0.1, 0.15) is 6.61 Å². The minimum absolute atomic E-state index is 0.00715. The van der Waals surface area contributed by atoms with Crippen LogP contribution < -0.4 is 5.32 Å². The van der Waals surface area contributed by atoms with Gasteiger partial charge < -0.3 is 15.2 Å². The van der Waals surface area contributed by atoms with Crippen molar-refractivity contribution < 1.29 is 32.6 Å². The Morgan fingerprint density at radius 1 is 1.33 bits per heavy atom. The van der Waals surface area contributed by atoms with Crippen LogP contribution in [0.15, 0.2) is 18.2 Å². The molecular weight excluding hydrogens is 315 g/mol. The number of rotatable bonds is 6. The molecule has 116 valence electrons. The molecule has 0 heterocycles. The highest BCUT2D eigenvalue weighted by Gasteiger charge is 2.27. The summed E-state index contributed by atoms with van der Waals surface area (Å²) in [4.78, 5) is 22.5. The molecule has 5 nitrogen and oxygen atoms in total. The van der Waals surface area contributed by atoms with Gasteiger partial charge in [-0.2, -0.15) is 13.2 Å². The molecule has 0 unspecified atom stereocenters. The summed E-state index contributed by atoms with van der Waals surface area (Å²) in [6.45, 7) is -1.87. The SMILES string of the molecule is O=C(CCOCC(F)(F)F)Nc1ccc(Cl)cc1C(=O)O. The minimum Gasteiger partial charge on any atom is -0.478 e. The number of amides is 1. The van der Waals surface area contributed by atoms with Gasteiger partial charge in [-0.25, -0.2) is 4.79 Å². The third-order valence-corrected chi connectivity index (χ3v) is 2.46. The minimum atomic E-state index is -4.46. The number of hydrogen-bond acceptors (Lipinski definition) is 3. The van der Waals surface area contributed by atoms with Gasteiger partial charge >= 0.3 is 12.1 Å². The van der Waals surface area contributed by atoms with Gasteiger partial charge in [-0.15, -0.1) is 0 Å². The number of carbonyl (C=O) groups excluding carboxylic acids is 1. The summed E-state index contributed by atoms with van der Waals surface area (Å²) in [5.74, 6) is -1.96. The van der Waals surface area contributed by atoms with Gasteiger partial charge in [0.25, 0.3) is 0 Å². The molecule has 21 heavy (non-hydrogen) atoms. The molecule has 0 saturated carbocycles. The van der Waals surface area contributed by atoms with Crippen LogP contribution in [-0.4, -0.2) is 36.4 Å². The predicted octanol–water partition coefficient (Wildman–Crippen LogP) is 2.95. The van der Waals surface area contributed by atoms with E-state index in [0.717, 1.165) is 6.07 Å². The predicted molar refractivity (Wildman–Crippen MR) is 68.5 cm³/mol. The Kier molecular flexibility index (Phi) is 5.98. The van der Waals surface area contributed by atoms with Crippen molar-refractivity contribution in [2.75, 3.05) is 18.5 Å². The largest absolute Gasteiger partial charge is 0.478 e. The molecule has 0 aliphatic heterocycles. The molecule has 0 aromatic heterocycles. The summed E-state index contributed by atoms with van der Waals surface area (Å²) < 4.78 is 39.7. The Hall–Kier alpha value is -1.80. The molecule has 0 spiro atoms. The topological polar surface area (TPSA) is 75.6 Å². The first-order valence-electron chi connectivity index (χ1n) is 5.66. The monoisotopic (exact) mass is 325 g/mol. The van der Waals surface area contributed by atoms with E-state index in [1.165, 1.54) is 12.1 Å². The average Bonchev–Trinajstić information content (AvgIpc) is 2.35. The van der Waals surface area contributed by atoms with Crippen molar-refractivity contribution in [2.24, 2.45) is 0 Å². The molecule has 0 bridgehead atoms. The third-order valence-electron chi connectivity index (χ3n) is 2.23. The van der Waals surface area contributed by atoms with E-state index in [2.05, 4.69) is 10.1 Å². The number of alkyl halides is 3. The maximum Gasteiger partial charge on any atom is 0.411 e. The van der Waals surface area contributed by atoms with Crippen molar-refractivity contribution in [3.8, 4) is 0 Å². The highest BCUT2D eigenvalue weighted by atomic mass is 35.5. The van der Waals surface area contributed by atoms with E-state index in [0.29, 0.717) is 0 Å². The molecule has 1 aromatic rings. The van der Waals surface area contributed by atoms with Crippen LogP contribution in [0.1, 0.15) is 16.8 Å². The summed E-state index contributed by atoms with van der Waals surface area (Å²) in [7, 11) is 0. The van der Waals surface area contributed by atoms with Gasteiger partial charge in [0.15, 0.2) is 0 Å². The van der Waals surface area contributed by atoms with E-state index in [1.807, 2.05) is 0 Å². The summed E-state index contributed by atoms with van der Waals surface area (Å²) >= 11 is 5.64. The zero-order chi connectivity index (χ0) is 16.0. The fourth-order valence-electron chi connectivity index (χ4n) is 1.37. The van der Waals surface area contributed by atoms with Crippen LogP contribution in [0.4, 0.5) is 18.9 Å². The second-order valence-electron chi connectivity index (χ2n) is 3.96. The number of hydrogen-bond donors (Lipinski definition) is 2. The van der Waals surface area contributed by atoms with E-state index in [1.54, 1.807) is 0 Å². The lowest BCUT2D eigenvalue weighted by Gasteiger charge is -2.10. The summed E-state index contributed by atoms with van der Waals surface area (Å²) in [5, 5.41) is 11.4. The molecule has 9 heteroatoms. The smallest absolute Gasteiger partial charge is 0.411 e. The molecule has 1 aromatic carbocycles. The van der Waals surface area contributed by atoms with Crippen molar-refractivity contribution >= 4 is 29.2 Å². The highest BCUT2D eigenvalue weighted by Crippen LogP contribution is 2.21. The Morgan fingerprint density at radius 3 is 2.57 bits per heavy atom. The maximum atomic E-state index is 11.8. The Morgan fingerprint density at radius 2 is 2.00 bits per heavy atom. The van der Waals surface area contributed by atoms with Crippen LogP contribution >= 0.6 is 11.6 Å². The van der Waals surface area contributed by atoms with Gasteiger partial charge in [0.05, 0.1) is 24.3 Å². The molecule has 1 rings (SSSR count). The van der Waals surface area contributed by atoms with Crippen LogP contribution in [0.3, 0.4) is 0 Å². The van der Waals surface area contributed by atoms with Crippen LogP contribution in [0.2, 0.25) is 5.02 Å². The van der Waals surface area contributed by atoms with Crippen molar-refractivity contribution in [3.63, 3.8) is 0 Å². The first kappa shape index (κ1) is 17.3. The molecule has 0 radical (unpaired) electrons. The molecule has 0 aliphatic rings. The second-order valence-corrected chi connectivity index (χ2v) is 4.40. The summed E-state index contributed by atoms with van der Waals surface area (Å²) in [6.07, 6.45) is -4.79. The number of halogens is 4. The maximum absolute atomic E-state index is 11.8. The van der Waals surface area contributed by atoms with Crippen molar-refractivity contribution in [1.29, 1.82) is 0 Å². The fraction of sp³-hybridized carbons (Fsp3) is 0.333. The molecule has 0 atom stereocenters. The molecular formula is C12H11ClF3NO4. The standard InChI is InChI=1S/C12H11ClF3NO4/c13-7-1-2-9(8(5-7)11(19)20)17-10(18)3-4-21-6-12(14,15)16/h1-2,5H,3-4,6H2,(H,17,18)(H,19,20). The number of carboxylic acids is 1. The zero-order valence-corrected chi connectivity index (χ0v) is 11.3. The molecule has 0 aliphatic carbocycles. The lowest BCUT2D eigenvalue weighted by atomic mass is 10.1. The van der Waals surface area contributed by atoms with Gasteiger partial charge in [-0.05, 0) is 18.2 Å². The molecule has 0 saturated heterocycles. The van der Waals surface area contributed by atoms with E-state index < -0.39 is 31.3 Å². The van der Waals surface area contributed by atoms with Gasteiger partial charge in [-0.1, -0.05) is 11.6 Å². The average molecular weight is 326 g/mol. The van der Waals surface area contributed by atoms with Crippen LogP contribution in [0.5, 0.6) is 0 Å². The first-order chi connectivity index (χ1) is 9.69. The highest BCUT2D eigenvalue weighted by molar-refractivity contribution is 6.31. The zero-order valence-electron chi connectivity index (χ0n) is 10.5. The first-order valence-corrected chi connectivity index (χ1v) is 6.04. The van der Waals surface area contributed by atoms with Crippen LogP contribution in [0, 0.1) is 0 Å². The van der Waals surface area contributed by atoms with Gasteiger partial charge in [0.2, 0.25) is 5.91 Å². The lowest BCUT2D eigenvalue weighted by molar-refractivity contribution is -0.174. The van der Waals surface area contributed by atoms with Crippen molar-refractivity contribution in [1.82, 2.24) is 0 Å². The van der Waals surface area contributed by atoms with E-state index in [9.17, 15) is 22.8 Å². The van der Waals surface area contributed by atoms with E-state index >= 15 is 0 Å². The quantitative estimate of drug-likeness (QED) is 0.788. The summed E-state index contributed by atoms with van der Waals surface area (Å²) in [6, 6.07) is 3.82. The Balaban J connectivity index is 2.54. The number of carboxylic acid groups (broad SMARTS) is 1. The lowest BCUT2D eigenvalue weighted by Crippen LogP contribution is -2.20. The summed E-state index contributed by atoms with van der Waals surface area (Å²) in [5.41, 5.74) is -0.209. The molecule has 1 amide bonds. The number of carbonyl (C=O) groups is 2.